The molecule has 8 heteroatoms. The van der Waals surface area contributed by atoms with Gasteiger partial charge in [-0.05, 0) is 24.3 Å². The second-order valence-electron chi connectivity index (χ2n) is 4.08. The highest BCUT2D eigenvalue weighted by atomic mass is 19.1. The number of halogens is 1. The molecule has 0 saturated heterocycles. The molecule has 0 aliphatic rings. The quantitative estimate of drug-likeness (QED) is 0.445. The Labute approximate surface area is 119 Å². The highest BCUT2D eigenvalue weighted by molar-refractivity contribution is 5.79. The van der Waals surface area contributed by atoms with Gasteiger partial charge in [0.25, 0.3) is 0 Å². The lowest BCUT2D eigenvalue weighted by atomic mass is 10.2. The van der Waals surface area contributed by atoms with Crippen LogP contribution in [0.3, 0.4) is 0 Å². The first-order valence-corrected chi connectivity index (χ1v) is 5.91. The molecule has 2 aromatic carbocycles. The number of hydrogen-bond donors (Lipinski definition) is 3. The lowest BCUT2D eigenvalue weighted by molar-refractivity contribution is -0.383. The maximum atomic E-state index is 13.6. The highest BCUT2D eigenvalue weighted by Gasteiger charge is 2.19. The van der Waals surface area contributed by atoms with E-state index in [1.54, 1.807) is 12.1 Å². The molecule has 0 spiro atoms. The third kappa shape index (κ3) is 3.00. The van der Waals surface area contributed by atoms with E-state index in [0.717, 1.165) is 0 Å². The van der Waals surface area contributed by atoms with Crippen LogP contribution in [0.2, 0.25) is 0 Å². The van der Waals surface area contributed by atoms with Crippen molar-refractivity contribution in [3.05, 3.63) is 52.3 Å². The molecule has 110 valence electrons. The van der Waals surface area contributed by atoms with Gasteiger partial charge < -0.3 is 15.5 Å². The van der Waals surface area contributed by atoms with Crippen molar-refractivity contribution in [3.63, 3.8) is 0 Å². The van der Waals surface area contributed by atoms with Gasteiger partial charge in [0.1, 0.15) is 11.4 Å². The van der Waals surface area contributed by atoms with Crippen LogP contribution in [0.4, 0.5) is 27.1 Å². The van der Waals surface area contributed by atoms with Gasteiger partial charge in [-0.15, -0.1) is 0 Å². The van der Waals surface area contributed by atoms with Crippen LogP contribution >= 0.6 is 0 Å². The van der Waals surface area contributed by atoms with Gasteiger partial charge in [0.2, 0.25) is 0 Å². The molecule has 0 radical (unpaired) electrons. The summed E-state index contributed by atoms with van der Waals surface area (Å²) in [5.74, 6) is 4.77. The Morgan fingerprint density at radius 1 is 1.29 bits per heavy atom. The lowest BCUT2D eigenvalue weighted by Crippen LogP contribution is -2.10. The lowest BCUT2D eigenvalue weighted by Gasteiger charge is -2.10. The van der Waals surface area contributed by atoms with Crippen molar-refractivity contribution in [2.24, 2.45) is 5.84 Å². The third-order valence-electron chi connectivity index (χ3n) is 2.80. The molecule has 0 aliphatic heterocycles. The molecule has 21 heavy (non-hydrogen) atoms. The predicted molar refractivity (Wildman–Crippen MR) is 77.1 cm³/mol. The van der Waals surface area contributed by atoms with Crippen LogP contribution in [0.25, 0.3) is 0 Å². The average Bonchev–Trinajstić information content (AvgIpc) is 2.46. The summed E-state index contributed by atoms with van der Waals surface area (Å²) < 4.78 is 18.4. The van der Waals surface area contributed by atoms with E-state index in [2.05, 4.69) is 10.7 Å². The van der Waals surface area contributed by atoms with E-state index >= 15 is 0 Å². The first-order chi connectivity index (χ1) is 10.1. The molecule has 7 nitrogen and oxygen atoms in total. The number of nitrogen functional groups attached to an aromatic ring is 1. The Morgan fingerprint density at radius 3 is 2.57 bits per heavy atom. The van der Waals surface area contributed by atoms with E-state index in [9.17, 15) is 14.5 Å². The smallest absolute Gasteiger partial charge is 0.316 e. The number of ether oxygens (including phenoxy) is 1. The topological polar surface area (TPSA) is 102 Å². The fraction of sp³-hybridized carbons (Fsp3) is 0.0769. The first-order valence-electron chi connectivity index (χ1n) is 5.91. The normalized spacial score (nSPS) is 10.0. The van der Waals surface area contributed by atoms with Crippen molar-refractivity contribution in [1.82, 2.24) is 0 Å². The van der Waals surface area contributed by atoms with Gasteiger partial charge in [-0.3, -0.25) is 16.0 Å². The second kappa shape index (κ2) is 6.06. The molecule has 0 unspecified atom stereocenters. The molecule has 0 heterocycles. The standard InChI is InChI=1S/C13H13FN4O3/c1-21-12-6-5-8(7-9(12)14)16-10-3-2-4-11(17-15)13(10)18(19)20/h2-7,16-17H,15H2,1H3. The van der Waals surface area contributed by atoms with Crippen LogP contribution in [0.1, 0.15) is 0 Å². The third-order valence-corrected chi connectivity index (χ3v) is 2.80. The largest absolute Gasteiger partial charge is 0.494 e. The van der Waals surface area contributed by atoms with E-state index in [4.69, 9.17) is 10.6 Å². The molecular formula is C13H13FN4O3. The molecule has 4 N–H and O–H groups in total. The van der Waals surface area contributed by atoms with Crippen molar-refractivity contribution in [3.8, 4) is 5.75 Å². The van der Waals surface area contributed by atoms with Crippen molar-refractivity contribution >= 4 is 22.7 Å². The fourth-order valence-electron chi connectivity index (χ4n) is 1.86. The molecule has 0 saturated carbocycles. The van der Waals surface area contributed by atoms with E-state index in [1.807, 2.05) is 0 Å². The summed E-state index contributed by atoms with van der Waals surface area (Å²) in [6, 6.07) is 8.72. The monoisotopic (exact) mass is 292 g/mol. The Balaban J connectivity index is 2.40. The number of rotatable bonds is 5. The number of methoxy groups -OCH3 is 1. The zero-order valence-corrected chi connectivity index (χ0v) is 11.1. The molecule has 0 aliphatic carbocycles. The van der Waals surface area contributed by atoms with Crippen LogP contribution in [-0.4, -0.2) is 12.0 Å². The molecule has 0 amide bonds. The summed E-state index contributed by atoms with van der Waals surface area (Å²) in [5, 5.41) is 13.9. The summed E-state index contributed by atoms with van der Waals surface area (Å²) in [5.41, 5.74) is 2.73. The Morgan fingerprint density at radius 2 is 2.00 bits per heavy atom. The number of anilines is 3. The fourth-order valence-corrected chi connectivity index (χ4v) is 1.86. The highest BCUT2D eigenvalue weighted by Crippen LogP contribution is 2.34. The molecule has 2 rings (SSSR count). The summed E-state index contributed by atoms with van der Waals surface area (Å²) in [6.45, 7) is 0. The minimum Gasteiger partial charge on any atom is -0.494 e. The van der Waals surface area contributed by atoms with Crippen molar-refractivity contribution < 1.29 is 14.1 Å². The van der Waals surface area contributed by atoms with Gasteiger partial charge in [-0.2, -0.15) is 0 Å². The number of hydrazine groups is 1. The number of para-hydroxylation sites is 1. The summed E-state index contributed by atoms with van der Waals surface area (Å²) in [7, 11) is 1.35. The number of nitrogens with two attached hydrogens (primary N) is 1. The first kappa shape index (κ1) is 14.5. The predicted octanol–water partition coefficient (Wildman–Crippen LogP) is 2.77. The van der Waals surface area contributed by atoms with Gasteiger partial charge in [0.15, 0.2) is 11.6 Å². The van der Waals surface area contributed by atoms with Gasteiger partial charge in [0.05, 0.1) is 12.0 Å². The van der Waals surface area contributed by atoms with Gasteiger partial charge in [-0.25, -0.2) is 4.39 Å². The van der Waals surface area contributed by atoms with Crippen LogP contribution in [-0.2, 0) is 0 Å². The maximum absolute atomic E-state index is 13.6. The molecule has 0 aromatic heterocycles. The van der Waals surface area contributed by atoms with Crippen LogP contribution in [0.15, 0.2) is 36.4 Å². The van der Waals surface area contributed by atoms with Crippen LogP contribution < -0.4 is 21.3 Å². The van der Waals surface area contributed by atoms with E-state index in [0.29, 0.717) is 5.69 Å². The summed E-state index contributed by atoms with van der Waals surface area (Å²) in [4.78, 5) is 10.6. The van der Waals surface area contributed by atoms with Crippen molar-refractivity contribution in [1.29, 1.82) is 0 Å². The van der Waals surface area contributed by atoms with Crippen molar-refractivity contribution in [2.75, 3.05) is 17.9 Å². The van der Waals surface area contributed by atoms with Crippen LogP contribution in [0.5, 0.6) is 5.75 Å². The molecular weight excluding hydrogens is 279 g/mol. The zero-order chi connectivity index (χ0) is 15.4. The average molecular weight is 292 g/mol. The van der Waals surface area contributed by atoms with E-state index in [-0.39, 0.29) is 22.8 Å². The number of nitrogens with zero attached hydrogens (tertiary/aromatic N) is 1. The van der Waals surface area contributed by atoms with Gasteiger partial charge in [0, 0.05) is 11.8 Å². The maximum Gasteiger partial charge on any atom is 0.316 e. The molecule has 2 aromatic rings. The number of nitro groups is 1. The minimum absolute atomic E-state index is 0.0902. The van der Waals surface area contributed by atoms with Crippen LogP contribution in [0, 0.1) is 15.9 Å². The molecule has 0 bridgehead atoms. The summed E-state index contributed by atoms with van der Waals surface area (Å²) in [6.07, 6.45) is 0. The molecule has 0 fully saturated rings. The Bertz CT molecular complexity index is 678. The zero-order valence-electron chi connectivity index (χ0n) is 11.1. The SMILES string of the molecule is COc1ccc(Nc2cccc(NN)c2[N+](=O)[O-])cc1F. The Kier molecular flexibility index (Phi) is 4.19. The van der Waals surface area contributed by atoms with E-state index < -0.39 is 10.7 Å². The van der Waals surface area contributed by atoms with Crippen molar-refractivity contribution in [2.45, 2.75) is 0 Å². The molecule has 0 atom stereocenters. The van der Waals surface area contributed by atoms with E-state index in [1.165, 1.54) is 31.4 Å². The minimum atomic E-state index is -0.572. The number of nitro benzene ring substituents is 1. The second-order valence-corrected chi connectivity index (χ2v) is 4.08. The van der Waals surface area contributed by atoms with Gasteiger partial charge >= 0.3 is 5.69 Å². The van der Waals surface area contributed by atoms with Gasteiger partial charge in [-0.1, -0.05) is 6.07 Å². The summed E-state index contributed by atoms with van der Waals surface area (Å²) >= 11 is 0. The number of benzene rings is 2. The Hall–Kier alpha value is -2.87. The number of hydrogen-bond acceptors (Lipinski definition) is 6. The number of nitrogens with one attached hydrogen (secondary N) is 2.